The van der Waals surface area contributed by atoms with Gasteiger partial charge < -0.3 is 9.30 Å². The zero-order valence-corrected chi connectivity index (χ0v) is 18.7. The largest absolute Gasteiger partial charge is 0.497 e. The number of hydrogen-bond acceptors (Lipinski definition) is 4. The fourth-order valence-corrected chi connectivity index (χ4v) is 4.01. The van der Waals surface area contributed by atoms with Gasteiger partial charge in [-0.25, -0.2) is 23.1 Å². The van der Waals surface area contributed by atoms with Crippen molar-refractivity contribution in [1.29, 1.82) is 0 Å². The predicted octanol–water partition coefficient (Wildman–Crippen LogP) is 3.73. The van der Waals surface area contributed by atoms with E-state index in [-0.39, 0.29) is 24.3 Å². The van der Waals surface area contributed by atoms with Crippen LogP contribution >= 0.6 is 0 Å². The van der Waals surface area contributed by atoms with Gasteiger partial charge in [0.25, 0.3) is 5.56 Å². The van der Waals surface area contributed by atoms with Crippen molar-refractivity contribution in [2.75, 3.05) is 7.11 Å². The van der Waals surface area contributed by atoms with Crippen LogP contribution in [0, 0.1) is 11.6 Å². The highest BCUT2D eigenvalue weighted by atomic mass is 19.1. The van der Waals surface area contributed by atoms with Crippen molar-refractivity contribution in [3.63, 3.8) is 0 Å². The predicted molar refractivity (Wildman–Crippen MR) is 127 cm³/mol. The molecular formula is C26H20F2N4O3. The highest BCUT2D eigenvalue weighted by molar-refractivity contribution is 5.72. The van der Waals surface area contributed by atoms with Crippen LogP contribution in [0.5, 0.6) is 5.75 Å². The molecule has 0 radical (unpaired) electrons. The van der Waals surface area contributed by atoms with Gasteiger partial charge in [0.2, 0.25) is 0 Å². The van der Waals surface area contributed by atoms with Crippen LogP contribution in [0.3, 0.4) is 0 Å². The highest BCUT2D eigenvalue weighted by Crippen LogP contribution is 2.17. The average Bonchev–Trinajstić information content (AvgIpc) is 3.26. The molecule has 0 amide bonds. The summed E-state index contributed by atoms with van der Waals surface area (Å²) in [5, 5.41) is 0. The van der Waals surface area contributed by atoms with Crippen molar-refractivity contribution in [3.8, 4) is 11.4 Å². The van der Waals surface area contributed by atoms with Crippen LogP contribution in [0.4, 0.5) is 8.78 Å². The maximum absolute atomic E-state index is 13.7. The first-order valence-electron chi connectivity index (χ1n) is 10.8. The van der Waals surface area contributed by atoms with E-state index in [4.69, 9.17) is 4.74 Å². The molecule has 0 bridgehead atoms. The fraction of sp³-hybridized carbons (Fsp3) is 0.115. The first-order valence-corrected chi connectivity index (χ1v) is 10.8. The second-order valence-corrected chi connectivity index (χ2v) is 8.01. The van der Waals surface area contributed by atoms with Gasteiger partial charge >= 0.3 is 5.69 Å². The number of hydrogen-bond donors (Lipinski definition) is 0. The Morgan fingerprint density at radius 3 is 2.29 bits per heavy atom. The lowest BCUT2D eigenvalue weighted by atomic mass is 10.2. The zero-order chi connectivity index (χ0) is 24.5. The van der Waals surface area contributed by atoms with E-state index in [0.717, 1.165) is 4.57 Å². The minimum Gasteiger partial charge on any atom is -0.497 e. The molecule has 176 valence electrons. The number of nitrogens with zero attached hydrogens (tertiary/aromatic N) is 4. The van der Waals surface area contributed by atoms with Crippen molar-refractivity contribution in [2.24, 2.45) is 0 Å². The standard InChI is InChI=1S/C26H20F2N4O3/c1-35-22-11-5-17(6-12-22)15-31-25(33)23-24(32(26(31)34)21-9-7-19(27)8-10-21)29-16-30(23)14-18-3-2-4-20(28)13-18/h2-13,16H,14-15H2,1H3. The maximum Gasteiger partial charge on any atom is 0.337 e. The van der Waals surface area contributed by atoms with Crippen LogP contribution in [0.2, 0.25) is 0 Å². The van der Waals surface area contributed by atoms with Gasteiger partial charge in [0.05, 0.1) is 25.7 Å². The Labute approximate surface area is 198 Å². The van der Waals surface area contributed by atoms with Crippen LogP contribution in [-0.4, -0.2) is 25.8 Å². The van der Waals surface area contributed by atoms with Crippen molar-refractivity contribution in [1.82, 2.24) is 18.7 Å². The Morgan fingerprint density at radius 2 is 1.60 bits per heavy atom. The molecule has 0 aliphatic rings. The molecule has 35 heavy (non-hydrogen) atoms. The molecule has 0 spiro atoms. The van der Waals surface area contributed by atoms with Crippen LogP contribution < -0.4 is 16.0 Å². The summed E-state index contributed by atoms with van der Waals surface area (Å²) in [5.74, 6) is -0.207. The maximum atomic E-state index is 13.7. The number of imidazole rings is 1. The zero-order valence-electron chi connectivity index (χ0n) is 18.7. The molecule has 0 aliphatic carbocycles. The van der Waals surface area contributed by atoms with E-state index in [1.165, 1.54) is 47.3 Å². The number of fused-ring (bicyclic) bond motifs is 1. The fourth-order valence-electron chi connectivity index (χ4n) is 4.01. The van der Waals surface area contributed by atoms with Crippen molar-refractivity contribution < 1.29 is 13.5 Å². The second kappa shape index (κ2) is 9.02. The van der Waals surface area contributed by atoms with Crippen molar-refractivity contribution in [2.45, 2.75) is 13.1 Å². The summed E-state index contributed by atoms with van der Waals surface area (Å²) < 4.78 is 36.5. The Balaban J connectivity index is 1.72. The third-order valence-corrected chi connectivity index (χ3v) is 5.73. The number of halogens is 2. The van der Waals surface area contributed by atoms with E-state index < -0.39 is 22.9 Å². The molecule has 9 heteroatoms. The lowest BCUT2D eigenvalue weighted by Gasteiger charge is -2.13. The number of rotatable bonds is 6. The molecule has 5 rings (SSSR count). The quantitative estimate of drug-likeness (QED) is 0.376. The monoisotopic (exact) mass is 474 g/mol. The van der Waals surface area contributed by atoms with Gasteiger partial charge in [0.1, 0.15) is 17.4 Å². The van der Waals surface area contributed by atoms with Crippen LogP contribution in [0.15, 0.2) is 88.7 Å². The number of methoxy groups -OCH3 is 1. The normalized spacial score (nSPS) is 11.2. The van der Waals surface area contributed by atoms with Crippen molar-refractivity contribution in [3.05, 3.63) is 123 Å². The molecule has 0 N–H and O–H groups in total. The van der Waals surface area contributed by atoms with Crippen LogP contribution in [0.25, 0.3) is 16.9 Å². The molecule has 0 saturated heterocycles. The summed E-state index contributed by atoms with van der Waals surface area (Å²) in [6.07, 6.45) is 1.44. The number of benzene rings is 3. The molecule has 5 aromatic rings. The van der Waals surface area contributed by atoms with Gasteiger partial charge in [-0.2, -0.15) is 0 Å². The number of aromatic nitrogens is 4. The van der Waals surface area contributed by atoms with Gasteiger partial charge in [-0.3, -0.25) is 9.36 Å². The van der Waals surface area contributed by atoms with Crippen molar-refractivity contribution >= 4 is 11.2 Å². The molecule has 0 saturated carbocycles. The third kappa shape index (κ3) is 4.23. The molecular weight excluding hydrogens is 454 g/mol. The summed E-state index contributed by atoms with van der Waals surface area (Å²) in [4.78, 5) is 31.5. The highest BCUT2D eigenvalue weighted by Gasteiger charge is 2.20. The smallest absolute Gasteiger partial charge is 0.337 e. The van der Waals surface area contributed by atoms with E-state index in [0.29, 0.717) is 22.6 Å². The topological polar surface area (TPSA) is 71.1 Å². The summed E-state index contributed by atoms with van der Waals surface area (Å²) in [5.41, 5.74) is 0.867. The van der Waals surface area contributed by atoms with E-state index in [2.05, 4.69) is 4.98 Å². The van der Waals surface area contributed by atoms with Gasteiger partial charge in [0.15, 0.2) is 11.2 Å². The molecule has 0 unspecified atom stereocenters. The third-order valence-electron chi connectivity index (χ3n) is 5.73. The lowest BCUT2D eigenvalue weighted by Crippen LogP contribution is -2.40. The number of ether oxygens (including phenoxy) is 1. The van der Waals surface area contributed by atoms with E-state index in [1.807, 2.05) is 0 Å². The molecule has 2 aromatic heterocycles. The Bertz CT molecular complexity index is 1640. The van der Waals surface area contributed by atoms with E-state index in [1.54, 1.807) is 48.1 Å². The molecule has 3 aromatic carbocycles. The lowest BCUT2D eigenvalue weighted by molar-refractivity contribution is 0.414. The van der Waals surface area contributed by atoms with Gasteiger partial charge in [0, 0.05) is 6.54 Å². The first-order chi connectivity index (χ1) is 16.9. The Kier molecular flexibility index (Phi) is 5.74. The summed E-state index contributed by atoms with van der Waals surface area (Å²) in [6, 6.07) is 18.4. The molecule has 0 aliphatic heterocycles. The van der Waals surface area contributed by atoms with E-state index in [9.17, 15) is 18.4 Å². The minimum atomic E-state index is -0.610. The van der Waals surface area contributed by atoms with Gasteiger partial charge in [-0.05, 0) is 59.7 Å². The molecule has 7 nitrogen and oxygen atoms in total. The SMILES string of the molecule is COc1ccc(Cn2c(=O)c3c(ncn3Cc3cccc(F)c3)n(-c3ccc(F)cc3)c2=O)cc1. The summed E-state index contributed by atoms with van der Waals surface area (Å²) in [7, 11) is 1.55. The Hall–Kier alpha value is -4.53. The van der Waals surface area contributed by atoms with Gasteiger partial charge in [-0.15, -0.1) is 0 Å². The van der Waals surface area contributed by atoms with E-state index >= 15 is 0 Å². The summed E-state index contributed by atoms with van der Waals surface area (Å²) >= 11 is 0. The first kappa shape index (κ1) is 22.3. The Morgan fingerprint density at radius 1 is 0.857 bits per heavy atom. The summed E-state index contributed by atoms with van der Waals surface area (Å²) in [6.45, 7) is 0.178. The van der Waals surface area contributed by atoms with Crippen LogP contribution in [0.1, 0.15) is 11.1 Å². The molecule has 0 fully saturated rings. The molecule has 2 heterocycles. The molecule has 0 atom stereocenters. The van der Waals surface area contributed by atoms with Gasteiger partial charge in [-0.1, -0.05) is 24.3 Å². The second-order valence-electron chi connectivity index (χ2n) is 8.01. The minimum absolute atomic E-state index is 0.00391. The average molecular weight is 474 g/mol. The van der Waals surface area contributed by atoms with Crippen LogP contribution in [-0.2, 0) is 13.1 Å².